The van der Waals surface area contributed by atoms with E-state index in [-0.39, 0.29) is 24.1 Å². The van der Waals surface area contributed by atoms with Gasteiger partial charge in [0.15, 0.2) is 0 Å². The van der Waals surface area contributed by atoms with Crippen LogP contribution >= 0.6 is 0 Å². The van der Waals surface area contributed by atoms with Crippen molar-refractivity contribution in [1.82, 2.24) is 10.2 Å². The van der Waals surface area contributed by atoms with Crippen LogP contribution in [0.2, 0.25) is 0 Å². The van der Waals surface area contributed by atoms with Gasteiger partial charge in [0.2, 0.25) is 11.8 Å². The van der Waals surface area contributed by atoms with Crippen LogP contribution < -0.4 is 10.1 Å². The summed E-state index contributed by atoms with van der Waals surface area (Å²) in [4.78, 5) is 28.3. The van der Waals surface area contributed by atoms with Gasteiger partial charge in [0.1, 0.15) is 11.6 Å². The van der Waals surface area contributed by atoms with E-state index < -0.39 is 5.41 Å². The zero-order chi connectivity index (χ0) is 24.0. The number of methoxy groups -OCH3 is 1. The minimum atomic E-state index is -0.712. The van der Waals surface area contributed by atoms with Gasteiger partial charge in [-0.05, 0) is 42.2 Å². The maximum atomic E-state index is 13.6. The van der Waals surface area contributed by atoms with E-state index in [1.807, 2.05) is 54.6 Å². The molecule has 4 rings (SSSR count). The van der Waals surface area contributed by atoms with Crippen LogP contribution in [0, 0.1) is 5.82 Å². The Morgan fingerprint density at radius 1 is 0.941 bits per heavy atom. The molecule has 6 heteroatoms. The smallest absolute Gasteiger partial charge is 0.231 e. The number of para-hydroxylation sites is 1. The molecule has 1 saturated heterocycles. The first-order valence-electron chi connectivity index (χ1n) is 11.5. The first kappa shape index (κ1) is 23.5. The summed E-state index contributed by atoms with van der Waals surface area (Å²) in [5.74, 6) is 0.358. The Morgan fingerprint density at radius 3 is 2.26 bits per heavy atom. The van der Waals surface area contributed by atoms with Gasteiger partial charge in [0.05, 0.1) is 18.9 Å². The number of amides is 2. The van der Waals surface area contributed by atoms with Gasteiger partial charge < -0.3 is 15.0 Å². The lowest BCUT2D eigenvalue weighted by molar-refractivity contribution is -0.136. The molecule has 0 aliphatic carbocycles. The van der Waals surface area contributed by atoms with E-state index in [4.69, 9.17) is 4.74 Å². The zero-order valence-corrected chi connectivity index (χ0v) is 19.3. The van der Waals surface area contributed by atoms with Crippen molar-refractivity contribution in [1.29, 1.82) is 0 Å². The number of likely N-dealkylation sites (tertiary alicyclic amines) is 1. The summed E-state index contributed by atoms with van der Waals surface area (Å²) >= 11 is 0. The lowest BCUT2D eigenvalue weighted by atomic mass is 9.72. The van der Waals surface area contributed by atoms with Crippen molar-refractivity contribution in [3.63, 3.8) is 0 Å². The van der Waals surface area contributed by atoms with Crippen molar-refractivity contribution < 1.29 is 18.7 Å². The summed E-state index contributed by atoms with van der Waals surface area (Å²) in [6, 6.07) is 23.4. The van der Waals surface area contributed by atoms with Crippen molar-refractivity contribution in [2.75, 3.05) is 20.2 Å². The molecule has 176 valence electrons. The van der Waals surface area contributed by atoms with Gasteiger partial charge in [-0.3, -0.25) is 9.59 Å². The van der Waals surface area contributed by atoms with Crippen LogP contribution in [0.3, 0.4) is 0 Å². The van der Waals surface area contributed by atoms with Gasteiger partial charge in [0, 0.05) is 25.2 Å². The van der Waals surface area contributed by atoms with E-state index in [0.29, 0.717) is 32.5 Å². The van der Waals surface area contributed by atoms with Gasteiger partial charge in [-0.25, -0.2) is 4.39 Å². The number of piperidine rings is 1. The van der Waals surface area contributed by atoms with Gasteiger partial charge in [0.25, 0.3) is 0 Å². The summed E-state index contributed by atoms with van der Waals surface area (Å²) in [7, 11) is 1.62. The predicted molar refractivity (Wildman–Crippen MR) is 129 cm³/mol. The Balaban J connectivity index is 1.47. The van der Waals surface area contributed by atoms with E-state index in [2.05, 4.69) is 5.32 Å². The maximum Gasteiger partial charge on any atom is 0.231 e. The number of ether oxygens (including phenoxy) is 1. The summed E-state index contributed by atoms with van der Waals surface area (Å²) < 4.78 is 18.6. The highest BCUT2D eigenvalue weighted by Gasteiger charge is 2.43. The number of carbonyl (C=O) groups is 2. The second kappa shape index (κ2) is 10.5. The SMILES string of the molecule is COc1ccccc1CNC(=O)C1(c2ccccc2)CCN(C(=O)Cc2ccc(F)cc2)CC1. The summed E-state index contributed by atoms with van der Waals surface area (Å²) in [6.45, 7) is 1.33. The van der Waals surface area contributed by atoms with Crippen molar-refractivity contribution in [3.05, 3.63) is 101 Å². The zero-order valence-electron chi connectivity index (χ0n) is 19.3. The van der Waals surface area contributed by atoms with Crippen LogP contribution in [0.15, 0.2) is 78.9 Å². The van der Waals surface area contributed by atoms with E-state index in [9.17, 15) is 14.0 Å². The van der Waals surface area contributed by atoms with Crippen molar-refractivity contribution >= 4 is 11.8 Å². The minimum absolute atomic E-state index is 0.0114. The third-order valence-electron chi connectivity index (χ3n) is 6.63. The minimum Gasteiger partial charge on any atom is -0.496 e. The number of hydrogen-bond donors (Lipinski definition) is 1. The highest BCUT2D eigenvalue weighted by atomic mass is 19.1. The Labute approximate surface area is 199 Å². The van der Waals surface area contributed by atoms with E-state index in [1.165, 1.54) is 12.1 Å². The van der Waals surface area contributed by atoms with Crippen molar-refractivity contribution in [3.8, 4) is 5.75 Å². The molecular weight excluding hydrogens is 431 g/mol. The fraction of sp³-hybridized carbons (Fsp3) is 0.286. The molecule has 0 atom stereocenters. The van der Waals surface area contributed by atoms with Crippen LogP contribution in [-0.4, -0.2) is 36.9 Å². The summed E-state index contributed by atoms with van der Waals surface area (Å²) in [5.41, 5.74) is 1.93. The van der Waals surface area contributed by atoms with Gasteiger partial charge >= 0.3 is 0 Å². The average molecular weight is 461 g/mol. The fourth-order valence-electron chi connectivity index (χ4n) is 4.62. The molecule has 3 aromatic carbocycles. The largest absolute Gasteiger partial charge is 0.496 e. The molecule has 1 N–H and O–H groups in total. The summed E-state index contributed by atoms with van der Waals surface area (Å²) in [5, 5.41) is 3.11. The molecule has 0 aromatic heterocycles. The fourth-order valence-corrected chi connectivity index (χ4v) is 4.62. The second-order valence-corrected chi connectivity index (χ2v) is 8.63. The van der Waals surface area contributed by atoms with Crippen LogP contribution in [0.5, 0.6) is 5.75 Å². The standard InChI is InChI=1S/C28H29FN2O3/c1-34-25-10-6-5-7-22(25)20-30-27(33)28(23-8-3-2-4-9-23)15-17-31(18-16-28)26(32)19-21-11-13-24(29)14-12-21/h2-14H,15-20H2,1H3,(H,30,33). The molecule has 2 amide bonds. The van der Waals surface area contributed by atoms with Gasteiger partial charge in [-0.15, -0.1) is 0 Å². The Bertz CT molecular complexity index is 1120. The molecule has 1 fully saturated rings. The Kier molecular flexibility index (Phi) is 7.26. The molecular formula is C28H29FN2O3. The van der Waals surface area contributed by atoms with Gasteiger partial charge in [-0.1, -0.05) is 60.7 Å². The van der Waals surface area contributed by atoms with Crippen LogP contribution in [-0.2, 0) is 28.0 Å². The molecule has 1 heterocycles. The lowest BCUT2D eigenvalue weighted by Crippen LogP contribution is -2.53. The number of nitrogens with one attached hydrogen (secondary N) is 1. The normalized spacial score (nSPS) is 14.9. The number of carbonyl (C=O) groups excluding carboxylic acids is 2. The first-order chi connectivity index (χ1) is 16.5. The molecule has 0 saturated carbocycles. The van der Waals surface area contributed by atoms with Crippen LogP contribution in [0.25, 0.3) is 0 Å². The van der Waals surface area contributed by atoms with Gasteiger partial charge in [-0.2, -0.15) is 0 Å². The van der Waals surface area contributed by atoms with E-state index in [1.54, 1.807) is 24.1 Å². The summed E-state index contributed by atoms with van der Waals surface area (Å²) in [6.07, 6.45) is 1.28. The Morgan fingerprint density at radius 2 is 1.59 bits per heavy atom. The number of benzene rings is 3. The second-order valence-electron chi connectivity index (χ2n) is 8.63. The van der Waals surface area contributed by atoms with E-state index >= 15 is 0 Å². The molecule has 0 bridgehead atoms. The molecule has 0 unspecified atom stereocenters. The van der Waals surface area contributed by atoms with Crippen molar-refractivity contribution in [2.24, 2.45) is 0 Å². The first-order valence-corrected chi connectivity index (χ1v) is 11.5. The molecule has 0 spiro atoms. The number of nitrogens with zero attached hydrogens (tertiary/aromatic N) is 1. The molecule has 34 heavy (non-hydrogen) atoms. The van der Waals surface area contributed by atoms with Crippen LogP contribution in [0.1, 0.15) is 29.5 Å². The number of halogens is 1. The van der Waals surface area contributed by atoms with Crippen LogP contribution in [0.4, 0.5) is 4.39 Å². The molecule has 1 aliphatic rings. The van der Waals surface area contributed by atoms with E-state index in [0.717, 1.165) is 22.4 Å². The number of hydrogen-bond acceptors (Lipinski definition) is 3. The quantitative estimate of drug-likeness (QED) is 0.573. The molecule has 5 nitrogen and oxygen atoms in total. The maximum absolute atomic E-state index is 13.6. The number of rotatable bonds is 7. The third kappa shape index (κ3) is 5.11. The molecule has 1 aliphatic heterocycles. The highest BCUT2D eigenvalue weighted by Crippen LogP contribution is 2.36. The Hall–Kier alpha value is -3.67. The predicted octanol–water partition coefficient (Wildman–Crippen LogP) is 4.25. The van der Waals surface area contributed by atoms with Crippen molar-refractivity contribution in [2.45, 2.75) is 31.2 Å². The monoisotopic (exact) mass is 460 g/mol. The highest BCUT2D eigenvalue weighted by molar-refractivity contribution is 5.89. The lowest BCUT2D eigenvalue weighted by Gasteiger charge is -2.41. The topological polar surface area (TPSA) is 58.6 Å². The molecule has 0 radical (unpaired) electrons. The molecule has 3 aromatic rings. The average Bonchev–Trinajstić information content (AvgIpc) is 2.89. The third-order valence-corrected chi connectivity index (χ3v) is 6.63.